The highest BCUT2D eigenvalue weighted by molar-refractivity contribution is 7.20. The maximum Gasteiger partial charge on any atom is 0.265 e. The molecule has 0 aromatic carbocycles. The third-order valence-electron chi connectivity index (χ3n) is 6.63. The van der Waals surface area contributed by atoms with Gasteiger partial charge in [-0.2, -0.15) is 0 Å². The number of amides is 1. The van der Waals surface area contributed by atoms with E-state index in [-0.39, 0.29) is 11.6 Å². The van der Waals surface area contributed by atoms with Gasteiger partial charge >= 0.3 is 0 Å². The quantitative estimate of drug-likeness (QED) is 0.515. The second kappa shape index (κ2) is 7.25. The summed E-state index contributed by atoms with van der Waals surface area (Å²) in [6.07, 6.45) is 4.64. The standard InChI is InChI=1S/C23H23FN6OS/c1-13-9-30-11-16(8-17(24)21(30)25-13)26-22(31)19-7-14-3-4-20(27-23(14)32-19)29-10-15-5-6-28(2)18(15)12-29/h3-4,7-9,11,15,18H,5-6,10,12H2,1-2H3,(H,26,31)/t15-,18+/m0/s1. The molecule has 0 bridgehead atoms. The van der Waals surface area contributed by atoms with Crippen LogP contribution in [-0.2, 0) is 0 Å². The molecule has 9 heteroatoms. The molecule has 4 aromatic heterocycles. The van der Waals surface area contributed by atoms with Crippen molar-refractivity contribution >= 4 is 44.6 Å². The van der Waals surface area contributed by atoms with E-state index in [4.69, 9.17) is 4.98 Å². The van der Waals surface area contributed by atoms with Crippen molar-refractivity contribution < 1.29 is 9.18 Å². The number of carbonyl (C=O) groups excluding carboxylic acids is 1. The Balaban J connectivity index is 1.23. The molecule has 1 N–H and O–H groups in total. The molecule has 32 heavy (non-hydrogen) atoms. The summed E-state index contributed by atoms with van der Waals surface area (Å²) in [6.45, 7) is 5.01. The van der Waals surface area contributed by atoms with E-state index < -0.39 is 5.82 Å². The van der Waals surface area contributed by atoms with Crippen molar-refractivity contribution in [3.63, 3.8) is 0 Å². The van der Waals surface area contributed by atoms with Gasteiger partial charge in [0, 0.05) is 43.0 Å². The van der Waals surface area contributed by atoms with Gasteiger partial charge in [-0.1, -0.05) is 0 Å². The molecule has 1 amide bonds. The van der Waals surface area contributed by atoms with E-state index in [1.165, 1.54) is 30.4 Å². The largest absolute Gasteiger partial charge is 0.355 e. The maximum absolute atomic E-state index is 14.3. The van der Waals surface area contributed by atoms with Crippen molar-refractivity contribution in [2.75, 3.05) is 36.9 Å². The first-order valence-corrected chi connectivity index (χ1v) is 11.6. The molecule has 2 saturated heterocycles. The average Bonchev–Trinajstić information content (AvgIpc) is 3.51. The number of imidazole rings is 1. The molecule has 0 saturated carbocycles. The number of halogens is 1. The molecule has 2 aliphatic heterocycles. The first-order valence-electron chi connectivity index (χ1n) is 10.8. The van der Waals surface area contributed by atoms with E-state index in [1.807, 2.05) is 18.2 Å². The van der Waals surface area contributed by atoms with Gasteiger partial charge in [0.25, 0.3) is 5.91 Å². The number of hydrogen-bond donors (Lipinski definition) is 1. The molecule has 0 radical (unpaired) electrons. The lowest BCUT2D eigenvalue weighted by molar-refractivity contribution is 0.103. The number of rotatable bonds is 3. The van der Waals surface area contributed by atoms with Crippen LogP contribution in [-0.4, -0.2) is 57.9 Å². The van der Waals surface area contributed by atoms with Crippen molar-refractivity contribution in [3.05, 3.63) is 53.0 Å². The number of carbonyl (C=O) groups is 1. The van der Waals surface area contributed by atoms with Crippen LogP contribution >= 0.6 is 11.3 Å². The Kier molecular flexibility index (Phi) is 4.44. The SMILES string of the molecule is Cc1cn2cc(NC(=O)c3cc4ccc(N5C[C@@H]6CCN(C)[C@@H]6C5)nc4s3)cc(F)c2n1. The van der Waals surface area contributed by atoms with Gasteiger partial charge < -0.3 is 19.5 Å². The molecule has 6 rings (SSSR count). The van der Waals surface area contributed by atoms with Crippen molar-refractivity contribution in [2.45, 2.75) is 19.4 Å². The number of aromatic nitrogens is 3. The van der Waals surface area contributed by atoms with Crippen LogP contribution in [0.1, 0.15) is 21.8 Å². The van der Waals surface area contributed by atoms with Crippen LogP contribution in [0.4, 0.5) is 15.9 Å². The molecular weight excluding hydrogens is 427 g/mol. The average molecular weight is 451 g/mol. The zero-order chi connectivity index (χ0) is 22.0. The minimum atomic E-state index is -0.473. The molecule has 0 unspecified atom stereocenters. The predicted octanol–water partition coefficient (Wildman–Crippen LogP) is 3.78. The van der Waals surface area contributed by atoms with Gasteiger partial charge in [0.2, 0.25) is 0 Å². The van der Waals surface area contributed by atoms with Crippen molar-refractivity contribution in [2.24, 2.45) is 5.92 Å². The third kappa shape index (κ3) is 3.23. The normalized spacial score (nSPS) is 21.0. The highest BCUT2D eigenvalue weighted by Crippen LogP contribution is 2.34. The van der Waals surface area contributed by atoms with Crippen LogP contribution < -0.4 is 10.2 Å². The Morgan fingerprint density at radius 1 is 1.22 bits per heavy atom. The summed E-state index contributed by atoms with van der Waals surface area (Å²) >= 11 is 1.36. The van der Waals surface area contributed by atoms with Crippen molar-refractivity contribution in [1.29, 1.82) is 0 Å². The fourth-order valence-corrected chi connectivity index (χ4v) is 5.92. The Morgan fingerprint density at radius 3 is 2.94 bits per heavy atom. The number of anilines is 2. The van der Waals surface area contributed by atoms with E-state index in [0.29, 0.717) is 28.2 Å². The monoisotopic (exact) mass is 450 g/mol. The molecule has 0 spiro atoms. The lowest BCUT2D eigenvalue weighted by Gasteiger charge is -2.21. The summed E-state index contributed by atoms with van der Waals surface area (Å²) in [7, 11) is 2.20. The molecule has 6 heterocycles. The fraction of sp³-hybridized carbons (Fsp3) is 0.348. The van der Waals surface area contributed by atoms with E-state index in [9.17, 15) is 9.18 Å². The van der Waals surface area contributed by atoms with Gasteiger partial charge in [0.15, 0.2) is 11.5 Å². The molecule has 4 aromatic rings. The highest BCUT2D eigenvalue weighted by Gasteiger charge is 2.39. The number of fused-ring (bicyclic) bond motifs is 3. The van der Waals surface area contributed by atoms with Crippen molar-refractivity contribution in [1.82, 2.24) is 19.3 Å². The number of hydrogen-bond acceptors (Lipinski definition) is 6. The van der Waals surface area contributed by atoms with Gasteiger partial charge in [-0.3, -0.25) is 4.79 Å². The zero-order valence-electron chi connectivity index (χ0n) is 17.9. The molecule has 2 atom stereocenters. The van der Waals surface area contributed by atoms with E-state index in [1.54, 1.807) is 23.7 Å². The summed E-state index contributed by atoms with van der Waals surface area (Å²) < 4.78 is 15.9. The number of nitrogens with one attached hydrogen (secondary N) is 1. The Morgan fingerprint density at radius 2 is 2.09 bits per heavy atom. The summed E-state index contributed by atoms with van der Waals surface area (Å²) in [4.78, 5) is 28.0. The third-order valence-corrected chi connectivity index (χ3v) is 7.67. The molecule has 7 nitrogen and oxygen atoms in total. The molecule has 164 valence electrons. The molecular formula is C23H23FN6OS. The lowest BCUT2D eigenvalue weighted by Crippen LogP contribution is -2.32. The molecule has 2 aliphatic rings. The van der Waals surface area contributed by atoms with Crippen LogP contribution in [0.5, 0.6) is 0 Å². The second-order valence-electron chi connectivity index (χ2n) is 8.82. The Hall–Kier alpha value is -3.04. The fourth-order valence-electron chi connectivity index (χ4n) is 5.00. The Bertz CT molecular complexity index is 1360. The first-order chi connectivity index (χ1) is 15.4. The van der Waals surface area contributed by atoms with E-state index >= 15 is 0 Å². The summed E-state index contributed by atoms with van der Waals surface area (Å²) in [5.41, 5.74) is 1.35. The smallest absolute Gasteiger partial charge is 0.265 e. The second-order valence-corrected chi connectivity index (χ2v) is 9.85. The zero-order valence-corrected chi connectivity index (χ0v) is 18.7. The number of thiophene rings is 1. The van der Waals surface area contributed by atoms with Crippen LogP contribution in [0.3, 0.4) is 0 Å². The van der Waals surface area contributed by atoms with Crippen molar-refractivity contribution in [3.8, 4) is 0 Å². The number of nitrogens with zero attached hydrogens (tertiary/aromatic N) is 5. The number of pyridine rings is 2. The molecule has 0 aliphatic carbocycles. The minimum Gasteiger partial charge on any atom is -0.355 e. The molecule has 2 fully saturated rings. The summed E-state index contributed by atoms with van der Waals surface area (Å²) in [6, 6.07) is 7.82. The van der Waals surface area contributed by atoms with Crippen LogP contribution in [0.2, 0.25) is 0 Å². The van der Waals surface area contributed by atoms with Crippen LogP contribution in [0.25, 0.3) is 15.9 Å². The van der Waals surface area contributed by atoms with Gasteiger partial charge in [-0.05, 0) is 51.1 Å². The summed E-state index contributed by atoms with van der Waals surface area (Å²) in [5.74, 6) is 0.929. The van der Waals surface area contributed by atoms with E-state index in [2.05, 4.69) is 27.1 Å². The van der Waals surface area contributed by atoms with Crippen LogP contribution in [0.15, 0.2) is 36.7 Å². The first kappa shape index (κ1) is 19.6. The van der Waals surface area contributed by atoms with Gasteiger partial charge in [-0.15, -0.1) is 11.3 Å². The topological polar surface area (TPSA) is 65.8 Å². The van der Waals surface area contributed by atoms with Gasteiger partial charge in [-0.25, -0.2) is 14.4 Å². The van der Waals surface area contributed by atoms with Gasteiger partial charge in [0.05, 0.1) is 16.3 Å². The predicted molar refractivity (Wildman–Crippen MR) is 124 cm³/mol. The highest BCUT2D eigenvalue weighted by atomic mass is 32.1. The number of likely N-dealkylation sites (N-methyl/N-ethyl adjacent to an activating group) is 1. The minimum absolute atomic E-state index is 0.247. The number of likely N-dealkylation sites (tertiary alicyclic amines) is 1. The number of aryl methyl sites for hydroxylation is 1. The van der Waals surface area contributed by atoms with E-state index in [0.717, 1.165) is 29.1 Å². The Labute approximate surface area is 188 Å². The van der Waals surface area contributed by atoms with Crippen LogP contribution in [0, 0.1) is 18.7 Å². The lowest BCUT2D eigenvalue weighted by atomic mass is 10.1. The summed E-state index contributed by atoms with van der Waals surface area (Å²) in [5, 5.41) is 3.74. The maximum atomic E-state index is 14.3. The van der Waals surface area contributed by atoms with Gasteiger partial charge in [0.1, 0.15) is 10.6 Å².